The Morgan fingerprint density at radius 1 is 0.958 bits per heavy atom. The standard InChI is InChI=1S/C19H15N3O2/c23-19(22-24)12-10-20-18(21-11-12)9-17-15-7-3-1-5-13(15)14-6-2-4-8-16(14)17/h1-8,10-11,17,24H,9H2,(H,22,23). The Hall–Kier alpha value is -3.05. The van der Waals surface area contributed by atoms with Gasteiger partial charge < -0.3 is 0 Å². The first-order chi connectivity index (χ1) is 11.8. The molecule has 2 N–H and O–H groups in total. The average Bonchev–Trinajstić information content (AvgIpc) is 2.96. The van der Waals surface area contributed by atoms with Crippen LogP contribution in [0.25, 0.3) is 11.1 Å². The first-order valence-electron chi connectivity index (χ1n) is 7.71. The summed E-state index contributed by atoms with van der Waals surface area (Å²) in [6.45, 7) is 0. The summed E-state index contributed by atoms with van der Waals surface area (Å²) in [5.74, 6) is 0.258. The number of hydrogen-bond donors (Lipinski definition) is 2. The lowest BCUT2D eigenvalue weighted by Crippen LogP contribution is -2.19. The Bertz CT molecular complexity index is 861. The largest absolute Gasteiger partial charge is 0.288 e. The van der Waals surface area contributed by atoms with Gasteiger partial charge in [0, 0.05) is 24.7 Å². The number of hydroxylamine groups is 1. The summed E-state index contributed by atoms with van der Waals surface area (Å²) in [6, 6.07) is 16.8. The van der Waals surface area contributed by atoms with Crippen LogP contribution in [-0.4, -0.2) is 21.1 Å². The molecule has 0 radical (unpaired) electrons. The first kappa shape index (κ1) is 14.5. The molecule has 2 aromatic carbocycles. The van der Waals surface area contributed by atoms with Crippen LogP contribution in [0.1, 0.15) is 33.2 Å². The molecule has 1 aliphatic carbocycles. The molecular weight excluding hydrogens is 302 g/mol. The third kappa shape index (κ3) is 2.35. The summed E-state index contributed by atoms with van der Waals surface area (Å²) in [5.41, 5.74) is 6.88. The lowest BCUT2D eigenvalue weighted by molar-refractivity contribution is 0.0705. The lowest BCUT2D eigenvalue weighted by Gasteiger charge is -2.12. The van der Waals surface area contributed by atoms with Gasteiger partial charge >= 0.3 is 0 Å². The fraction of sp³-hybridized carbons (Fsp3) is 0.105. The number of nitrogens with zero attached hydrogens (tertiary/aromatic N) is 2. The quantitative estimate of drug-likeness (QED) is 0.575. The molecule has 0 atom stereocenters. The molecule has 1 aliphatic rings. The zero-order valence-electron chi connectivity index (χ0n) is 12.8. The van der Waals surface area contributed by atoms with E-state index in [-0.39, 0.29) is 11.5 Å². The van der Waals surface area contributed by atoms with Crippen molar-refractivity contribution in [3.63, 3.8) is 0 Å². The molecule has 4 rings (SSSR count). The molecule has 0 fully saturated rings. The van der Waals surface area contributed by atoms with Crippen molar-refractivity contribution in [2.24, 2.45) is 0 Å². The molecule has 24 heavy (non-hydrogen) atoms. The van der Waals surface area contributed by atoms with Crippen LogP contribution >= 0.6 is 0 Å². The molecule has 1 aromatic heterocycles. The van der Waals surface area contributed by atoms with Crippen LogP contribution in [0.2, 0.25) is 0 Å². The van der Waals surface area contributed by atoms with Gasteiger partial charge in [0.2, 0.25) is 0 Å². The summed E-state index contributed by atoms with van der Waals surface area (Å²) in [5, 5.41) is 8.65. The summed E-state index contributed by atoms with van der Waals surface area (Å²) in [6.07, 6.45) is 3.52. The van der Waals surface area contributed by atoms with Crippen molar-refractivity contribution in [3.8, 4) is 11.1 Å². The Labute approximate surface area is 139 Å². The maximum Gasteiger partial charge on any atom is 0.277 e. The number of rotatable bonds is 3. The monoisotopic (exact) mass is 317 g/mol. The van der Waals surface area contributed by atoms with E-state index in [1.54, 1.807) is 5.48 Å². The molecule has 0 unspecified atom stereocenters. The minimum Gasteiger partial charge on any atom is -0.288 e. The second-order valence-electron chi connectivity index (χ2n) is 5.76. The fourth-order valence-electron chi connectivity index (χ4n) is 3.30. The molecule has 1 amide bonds. The Morgan fingerprint density at radius 2 is 1.50 bits per heavy atom. The van der Waals surface area contributed by atoms with E-state index in [1.165, 1.54) is 34.6 Å². The number of nitrogens with one attached hydrogen (secondary N) is 1. The van der Waals surface area contributed by atoms with Crippen LogP contribution in [0.15, 0.2) is 60.9 Å². The smallest absolute Gasteiger partial charge is 0.277 e. The zero-order valence-corrected chi connectivity index (χ0v) is 12.8. The van der Waals surface area contributed by atoms with Crippen molar-refractivity contribution in [1.29, 1.82) is 0 Å². The van der Waals surface area contributed by atoms with Gasteiger partial charge in [-0.2, -0.15) is 0 Å². The zero-order chi connectivity index (χ0) is 16.5. The van der Waals surface area contributed by atoms with Crippen molar-refractivity contribution in [2.75, 3.05) is 0 Å². The van der Waals surface area contributed by atoms with Crippen LogP contribution in [0, 0.1) is 0 Å². The van der Waals surface area contributed by atoms with E-state index < -0.39 is 5.91 Å². The molecular formula is C19H15N3O2. The maximum absolute atomic E-state index is 11.4. The number of aromatic nitrogens is 2. The summed E-state index contributed by atoms with van der Waals surface area (Å²) < 4.78 is 0. The van der Waals surface area contributed by atoms with E-state index in [2.05, 4.69) is 46.4 Å². The molecule has 0 saturated carbocycles. The number of carbonyl (C=O) groups is 1. The Balaban J connectivity index is 1.68. The molecule has 0 spiro atoms. The van der Waals surface area contributed by atoms with Gasteiger partial charge in [0.25, 0.3) is 5.91 Å². The van der Waals surface area contributed by atoms with Crippen molar-refractivity contribution in [2.45, 2.75) is 12.3 Å². The summed E-state index contributed by atoms with van der Waals surface area (Å²) in [7, 11) is 0. The molecule has 5 nitrogen and oxygen atoms in total. The lowest BCUT2D eigenvalue weighted by atomic mass is 9.93. The van der Waals surface area contributed by atoms with Gasteiger partial charge in [-0.3, -0.25) is 10.0 Å². The van der Waals surface area contributed by atoms with E-state index in [0.29, 0.717) is 12.2 Å². The summed E-state index contributed by atoms with van der Waals surface area (Å²) in [4.78, 5) is 19.9. The highest BCUT2D eigenvalue weighted by molar-refractivity contribution is 5.92. The Kier molecular flexibility index (Phi) is 3.55. The highest BCUT2D eigenvalue weighted by atomic mass is 16.5. The van der Waals surface area contributed by atoms with E-state index in [4.69, 9.17) is 5.21 Å². The van der Waals surface area contributed by atoms with Crippen molar-refractivity contribution in [3.05, 3.63) is 83.4 Å². The van der Waals surface area contributed by atoms with Crippen molar-refractivity contribution in [1.82, 2.24) is 15.4 Å². The van der Waals surface area contributed by atoms with Crippen LogP contribution < -0.4 is 5.48 Å². The minimum absolute atomic E-state index is 0.204. The SMILES string of the molecule is O=C(NO)c1cnc(CC2c3ccccc3-c3ccccc32)nc1. The fourth-order valence-corrected chi connectivity index (χ4v) is 3.30. The second kappa shape index (κ2) is 5.86. The molecule has 0 saturated heterocycles. The minimum atomic E-state index is -0.613. The summed E-state index contributed by atoms with van der Waals surface area (Å²) >= 11 is 0. The molecule has 0 bridgehead atoms. The molecule has 1 heterocycles. The number of hydrogen-bond acceptors (Lipinski definition) is 4. The van der Waals surface area contributed by atoms with Crippen LogP contribution in [0.5, 0.6) is 0 Å². The molecule has 5 heteroatoms. The molecule has 118 valence electrons. The van der Waals surface area contributed by atoms with Gasteiger partial charge in [0.15, 0.2) is 0 Å². The number of benzene rings is 2. The number of carbonyl (C=O) groups excluding carboxylic acids is 1. The highest BCUT2D eigenvalue weighted by Crippen LogP contribution is 2.45. The number of fused-ring (bicyclic) bond motifs is 3. The number of amides is 1. The van der Waals surface area contributed by atoms with Crippen LogP contribution in [-0.2, 0) is 6.42 Å². The third-order valence-electron chi connectivity index (χ3n) is 4.42. The first-order valence-corrected chi connectivity index (χ1v) is 7.71. The van der Waals surface area contributed by atoms with E-state index in [9.17, 15) is 4.79 Å². The van der Waals surface area contributed by atoms with E-state index in [1.807, 2.05) is 12.1 Å². The van der Waals surface area contributed by atoms with Gasteiger partial charge in [-0.1, -0.05) is 48.5 Å². The van der Waals surface area contributed by atoms with Gasteiger partial charge in [-0.25, -0.2) is 15.4 Å². The van der Waals surface area contributed by atoms with E-state index >= 15 is 0 Å². The average molecular weight is 317 g/mol. The highest BCUT2D eigenvalue weighted by Gasteiger charge is 2.28. The van der Waals surface area contributed by atoms with Gasteiger partial charge in [-0.15, -0.1) is 0 Å². The predicted octanol–water partition coefficient (Wildman–Crippen LogP) is 2.95. The van der Waals surface area contributed by atoms with Gasteiger partial charge in [0.05, 0.1) is 5.56 Å². The van der Waals surface area contributed by atoms with Crippen LogP contribution in [0.3, 0.4) is 0 Å². The van der Waals surface area contributed by atoms with Crippen LogP contribution in [0.4, 0.5) is 0 Å². The van der Waals surface area contributed by atoms with E-state index in [0.717, 1.165) is 0 Å². The Morgan fingerprint density at radius 3 is 2.04 bits per heavy atom. The van der Waals surface area contributed by atoms with Gasteiger partial charge in [0.1, 0.15) is 5.82 Å². The second-order valence-corrected chi connectivity index (χ2v) is 5.76. The van der Waals surface area contributed by atoms with Crippen molar-refractivity contribution >= 4 is 5.91 Å². The third-order valence-corrected chi connectivity index (χ3v) is 4.42. The molecule has 0 aliphatic heterocycles. The normalized spacial score (nSPS) is 12.5. The maximum atomic E-state index is 11.4. The van der Waals surface area contributed by atoms with Gasteiger partial charge in [-0.05, 0) is 22.3 Å². The molecule has 3 aromatic rings. The predicted molar refractivity (Wildman–Crippen MR) is 88.7 cm³/mol. The van der Waals surface area contributed by atoms with Crippen molar-refractivity contribution < 1.29 is 10.0 Å². The topological polar surface area (TPSA) is 75.1 Å².